The van der Waals surface area contributed by atoms with Gasteiger partial charge in [0, 0.05) is 37.9 Å². The Kier molecular flexibility index (Phi) is 4.80. The monoisotopic (exact) mass is 334 g/mol. The Balaban J connectivity index is 1.32. The van der Waals surface area contributed by atoms with E-state index >= 15 is 0 Å². The lowest BCUT2D eigenvalue weighted by Gasteiger charge is -2.45. The molecule has 132 valence electrons. The minimum Gasteiger partial charge on any atom is -0.369 e. The Labute approximate surface area is 152 Å². The minimum absolute atomic E-state index is 0.379. The van der Waals surface area contributed by atoms with Crippen LogP contribution in [-0.4, -0.2) is 37.1 Å². The van der Waals surface area contributed by atoms with Crippen LogP contribution in [-0.2, 0) is 5.41 Å². The number of hydrogen-bond acceptors (Lipinski definition) is 2. The topological polar surface area (TPSA) is 6.48 Å². The highest BCUT2D eigenvalue weighted by atomic mass is 15.3. The van der Waals surface area contributed by atoms with Crippen molar-refractivity contribution in [2.75, 3.05) is 31.1 Å². The number of nitrogens with zero attached hydrogens (tertiary/aromatic N) is 2. The summed E-state index contributed by atoms with van der Waals surface area (Å²) < 4.78 is 0. The Morgan fingerprint density at radius 1 is 0.760 bits per heavy atom. The number of benzene rings is 2. The molecule has 1 aliphatic heterocycles. The zero-order valence-electron chi connectivity index (χ0n) is 15.4. The third-order valence-corrected chi connectivity index (χ3v) is 6.48. The van der Waals surface area contributed by atoms with E-state index < -0.39 is 0 Å². The van der Waals surface area contributed by atoms with Crippen molar-refractivity contribution in [2.24, 2.45) is 0 Å². The highest BCUT2D eigenvalue weighted by molar-refractivity contribution is 5.46. The molecule has 1 saturated heterocycles. The predicted molar refractivity (Wildman–Crippen MR) is 106 cm³/mol. The largest absolute Gasteiger partial charge is 0.369 e. The van der Waals surface area contributed by atoms with Crippen LogP contribution in [0.2, 0.25) is 0 Å². The van der Waals surface area contributed by atoms with Gasteiger partial charge in [-0.2, -0.15) is 0 Å². The fourth-order valence-electron chi connectivity index (χ4n) is 4.72. The van der Waals surface area contributed by atoms with E-state index in [-0.39, 0.29) is 0 Å². The van der Waals surface area contributed by atoms with Crippen molar-refractivity contribution in [1.82, 2.24) is 4.90 Å². The number of para-hydroxylation sites is 1. The Morgan fingerprint density at radius 2 is 1.32 bits per heavy atom. The Morgan fingerprint density at radius 3 is 1.92 bits per heavy atom. The van der Waals surface area contributed by atoms with Crippen molar-refractivity contribution in [3.05, 3.63) is 66.2 Å². The molecular weight excluding hydrogens is 304 g/mol. The summed E-state index contributed by atoms with van der Waals surface area (Å²) in [4.78, 5) is 5.29. The Bertz CT molecular complexity index is 651. The van der Waals surface area contributed by atoms with Gasteiger partial charge in [0.25, 0.3) is 0 Å². The summed E-state index contributed by atoms with van der Waals surface area (Å²) in [7, 11) is 0. The molecule has 25 heavy (non-hydrogen) atoms. The van der Waals surface area contributed by atoms with Crippen LogP contribution in [0.25, 0.3) is 0 Å². The normalized spacial score (nSPS) is 28.0. The molecule has 0 atom stereocenters. The molecular formula is C23H30N2. The van der Waals surface area contributed by atoms with Crippen LogP contribution in [0.3, 0.4) is 0 Å². The zero-order valence-corrected chi connectivity index (χ0v) is 15.4. The van der Waals surface area contributed by atoms with Crippen molar-refractivity contribution in [1.29, 1.82) is 0 Å². The summed E-state index contributed by atoms with van der Waals surface area (Å²) >= 11 is 0. The first-order valence-electron chi connectivity index (χ1n) is 9.84. The van der Waals surface area contributed by atoms with Crippen LogP contribution >= 0.6 is 0 Å². The van der Waals surface area contributed by atoms with Gasteiger partial charge in [-0.05, 0) is 48.8 Å². The summed E-state index contributed by atoms with van der Waals surface area (Å²) in [5, 5.41) is 0. The molecule has 0 amide bonds. The molecule has 1 saturated carbocycles. The van der Waals surface area contributed by atoms with Crippen LogP contribution in [0.15, 0.2) is 60.7 Å². The molecule has 0 bridgehead atoms. The fraction of sp³-hybridized carbons (Fsp3) is 0.478. The van der Waals surface area contributed by atoms with E-state index in [1.54, 1.807) is 0 Å². The van der Waals surface area contributed by atoms with Crippen molar-refractivity contribution in [2.45, 2.75) is 44.1 Å². The zero-order chi connectivity index (χ0) is 17.1. The molecule has 1 aliphatic carbocycles. The third-order valence-electron chi connectivity index (χ3n) is 6.48. The Hall–Kier alpha value is -1.80. The molecule has 0 unspecified atom stereocenters. The summed E-state index contributed by atoms with van der Waals surface area (Å²) in [5.41, 5.74) is 3.29. The van der Waals surface area contributed by atoms with E-state index in [1.165, 1.54) is 50.0 Å². The molecule has 0 N–H and O–H groups in total. The van der Waals surface area contributed by atoms with Crippen LogP contribution in [0.1, 0.15) is 38.2 Å². The van der Waals surface area contributed by atoms with Gasteiger partial charge in [0.2, 0.25) is 0 Å². The van der Waals surface area contributed by atoms with Crippen molar-refractivity contribution in [3.63, 3.8) is 0 Å². The summed E-state index contributed by atoms with van der Waals surface area (Å²) in [6.45, 7) is 7.21. The molecule has 2 fully saturated rings. The highest BCUT2D eigenvalue weighted by Crippen LogP contribution is 2.40. The molecule has 2 nitrogen and oxygen atoms in total. The molecule has 2 aromatic carbocycles. The van der Waals surface area contributed by atoms with Gasteiger partial charge >= 0.3 is 0 Å². The van der Waals surface area contributed by atoms with Gasteiger partial charge in [-0.15, -0.1) is 0 Å². The van der Waals surface area contributed by atoms with Gasteiger partial charge < -0.3 is 4.90 Å². The second-order valence-corrected chi connectivity index (χ2v) is 8.02. The van der Waals surface area contributed by atoms with Crippen molar-refractivity contribution >= 4 is 5.69 Å². The van der Waals surface area contributed by atoms with Gasteiger partial charge in [0.05, 0.1) is 0 Å². The second kappa shape index (κ2) is 7.21. The standard InChI is InChI=1S/C23H30N2/c1-23(20-8-4-2-5-9-20)14-12-22(13-15-23)25-18-16-24(17-19-25)21-10-6-3-7-11-21/h2-11,22H,12-19H2,1H3. The maximum absolute atomic E-state index is 2.75. The predicted octanol–water partition coefficient (Wildman–Crippen LogP) is 4.71. The first-order chi connectivity index (χ1) is 12.2. The second-order valence-electron chi connectivity index (χ2n) is 8.02. The molecule has 2 heteroatoms. The van der Waals surface area contributed by atoms with E-state index in [9.17, 15) is 0 Å². The van der Waals surface area contributed by atoms with Gasteiger partial charge in [-0.1, -0.05) is 55.5 Å². The number of rotatable bonds is 3. The molecule has 2 aliphatic rings. The van der Waals surface area contributed by atoms with Crippen LogP contribution in [0.4, 0.5) is 5.69 Å². The lowest BCUT2D eigenvalue weighted by molar-refractivity contribution is 0.122. The first kappa shape index (κ1) is 16.7. The SMILES string of the molecule is CC1(c2ccccc2)CCC(N2CCN(c3ccccc3)CC2)CC1. The number of anilines is 1. The summed E-state index contributed by atoms with van der Waals surface area (Å²) in [5.74, 6) is 0. The van der Waals surface area contributed by atoms with Gasteiger partial charge in [0.15, 0.2) is 0 Å². The summed E-state index contributed by atoms with van der Waals surface area (Å²) in [6.07, 6.45) is 5.33. The minimum atomic E-state index is 0.379. The van der Waals surface area contributed by atoms with Crippen LogP contribution in [0, 0.1) is 0 Å². The average Bonchev–Trinajstić information content (AvgIpc) is 2.70. The molecule has 0 aromatic heterocycles. The van der Waals surface area contributed by atoms with Gasteiger partial charge in [-0.25, -0.2) is 0 Å². The highest BCUT2D eigenvalue weighted by Gasteiger charge is 2.35. The number of piperazine rings is 1. The van der Waals surface area contributed by atoms with Crippen LogP contribution < -0.4 is 4.90 Å². The molecule has 4 rings (SSSR count). The lowest BCUT2D eigenvalue weighted by atomic mass is 9.69. The third kappa shape index (κ3) is 3.59. The number of hydrogen-bond donors (Lipinski definition) is 0. The quantitative estimate of drug-likeness (QED) is 0.802. The van der Waals surface area contributed by atoms with E-state index in [0.717, 1.165) is 19.1 Å². The maximum Gasteiger partial charge on any atom is 0.0367 e. The lowest BCUT2D eigenvalue weighted by Crippen LogP contribution is -2.52. The fourth-order valence-corrected chi connectivity index (χ4v) is 4.72. The molecule has 0 radical (unpaired) electrons. The molecule has 1 heterocycles. The smallest absolute Gasteiger partial charge is 0.0367 e. The first-order valence-corrected chi connectivity index (χ1v) is 9.84. The van der Waals surface area contributed by atoms with E-state index in [2.05, 4.69) is 77.4 Å². The van der Waals surface area contributed by atoms with E-state index in [4.69, 9.17) is 0 Å². The van der Waals surface area contributed by atoms with Crippen molar-refractivity contribution in [3.8, 4) is 0 Å². The van der Waals surface area contributed by atoms with Gasteiger partial charge in [-0.3, -0.25) is 4.90 Å². The molecule has 2 aromatic rings. The van der Waals surface area contributed by atoms with E-state index in [1.807, 2.05) is 0 Å². The van der Waals surface area contributed by atoms with Crippen LogP contribution in [0.5, 0.6) is 0 Å². The summed E-state index contributed by atoms with van der Waals surface area (Å²) in [6, 6.07) is 22.8. The maximum atomic E-state index is 2.75. The average molecular weight is 335 g/mol. The van der Waals surface area contributed by atoms with Gasteiger partial charge in [0.1, 0.15) is 0 Å². The van der Waals surface area contributed by atoms with E-state index in [0.29, 0.717) is 5.41 Å². The van der Waals surface area contributed by atoms with Crippen molar-refractivity contribution < 1.29 is 0 Å². The molecule has 0 spiro atoms.